The van der Waals surface area contributed by atoms with Crippen molar-refractivity contribution in [3.63, 3.8) is 0 Å². The molecule has 0 bridgehead atoms. The number of hydrogen-bond donors (Lipinski definition) is 2. The third-order valence-electron chi connectivity index (χ3n) is 3.33. The fraction of sp³-hybridized carbons (Fsp3) is 0.250. The zero-order chi connectivity index (χ0) is 14.5. The van der Waals surface area contributed by atoms with Gasteiger partial charge in [-0.15, -0.1) is 0 Å². The molecule has 0 aliphatic carbocycles. The molecular weight excluding hydrogens is 280 g/mol. The van der Waals surface area contributed by atoms with Crippen LogP contribution < -0.4 is 10.6 Å². The van der Waals surface area contributed by atoms with E-state index in [1.165, 1.54) is 27.2 Å². The maximum Gasteiger partial charge on any atom is 0.147 e. The van der Waals surface area contributed by atoms with Crippen molar-refractivity contribution in [2.45, 2.75) is 13.3 Å². The van der Waals surface area contributed by atoms with Gasteiger partial charge in [-0.05, 0) is 48.6 Å². The van der Waals surface area contributed by atoms with Gasteiger partial charge in [-0.1, -0.05) is 18.2 Å². The van der Waals surface area contributed by atoms with Crippen LogP contribution in [-0.4, -0.2) is 22.4 Å². The predicted molar refractivity (Wildman–Crippen MR) is 90.2 cm³/mol. The molecule has 0 saturated carbocycles. The van der Waals surface area contributed by atoms with Crippen molar-refractivity contribution < 1.29 is 0 Å². The van der Waals surface area contributed by atoms with Gasteiger partial charge in [0.1, 0.15) is 11.6 Å². The second-order valence-electron chi connectivity index (χ2n) is 4.90. The number of benzene rings is 1. The summed E-state index contributed by atoms with van der Waals surface area (Å²) >= 11 is 1.54. The van der Waals surface area contributed by atoms with Gasteiger partial charge in [0.15, 0.2) is 0 Å². The van der Waals surface area contributed by atoms with Crippen LogP contribution in [0, 0.1) is 6.92 Å². The number of aromatic nitrogens is 2. The van der Waals surface area contributed by atoms with E-state index >= 15 is 0 Å². The van der Waals surface area contributed by atoms with Crippen LogP contribution in [-0.2, 0) is 0 Å². The molecule has 0 aliphatic rings. The summed E-state index contributed by atoms with van der Waals surface area (Å²) in [6.07, 6.45) is 2.83. The normalized spacial score (nSPS) is 10.7. The Morgan fingerprint density at radius 2 is 1.81 bits per heavy atom. The Balaban J connectivity index is 1.47. The Labute approximate surface area is 128 Å². The van der Waals surface area contributed by atoms with Gasteiger partial charge in [0.2, 0.25) is 0 Å². The highest BCUT2D eigenvalue weighted by molar-refractivity contribution is 7.13. The largest absolute Gasteiger partial charge is 0.370 e. The molecule has 1 aromatic carbocycles. The lowest BCUT2D eigenvalue weighted by Crippen LogP contribution is -2.10. The molecule has 2 heterocycles. The first-order valence-electron chi connectivity index (χ1n) is 7.08. The fourth-order valence-electron chi connectivity index (χ4n) is 2.19. The van der Waals surface area contributed by atoms with E-state index in [9.17, 15) is 0 Å². The molecule has 3 aromatic rings. The molecule has 0 unspecified atom stereocenters. The number of nitrogens with zero attached hydrogens (tertiary/aromatic N) is 2. The summed E-state index contributed by atoms with van der Waals surface area (Å²) in [6.45, 7) is 3.86. The van der Waals surface area contributed by atoms with Crippen LogP contribution in [0.5, 0.6) is 0 Å². The predicted octanol–water partition coefficient (Wildman–Crippen LogP) is 3.91. The van der Waals surface area contributed by atoms with E-state index in [0.717, 1.165) is 31.1 Å². The van der Waals surface area contributed by atoms with Crippen LogP contribution in [0.4, 0.5) is 11.6 Å². The molecule has 0 radical (unpaired) electrons. The number of pyridine rings is 1. The summed E-state index contributed by atoms with van der Waals surface area (Å²) in [5.41, 5.74) is 1.18. The number of anilines is 2. The van der Waals surface area contributed by atoms with Crippen LogP contribution in [0.25, 0.3) is 10.1 Å². The maximum atomic E-state index is 4.46. The number of aryl methyl sites for hydroxylation is 1. The van der Waals surface area contributed by atoms with Gasteiger partial charge in [0.25, 0.3) is 0 Å². The summed E-state index contributed by atoms with van der Waals surface area (Å²) in [5, 5.41) is 7.97. The third-order valence-corrected chi connectivity index (χ3v) is 4.15. The third kappa shape index (κ3) is 3.31. The topological polar surface area (TPSA) is 49.8 Å². The van der Waals surface area contributed by atoms with E-state index in [1.54, 1.807) is 0 Å². The number of hydrogen-bond acceptors (Lipinski definition) is 5. The Bertz CT molecular complexity index is 723. The quantitative estimate of drug-likeness (QED) is 0.677. The molecule has 21 heavy (non-hydrogen) atoms. The van der Waals surface area contributed by atoms with Crippen LogP contribution in [0.1, 0.15) is 12.0 Å². The standard InChI is InChI=1S/C16H18N4S/c1-12-6-4-9-17-15(12)18-10-5-11-19-16-13-7-2-3-8-14(13)21-20-16/h2-4,6-9H,5,10-11H2,1H3,(H,17,18)(H,19,20). The van der Waals surface area contributed by atoms with Gasteiger partial charge in [-0.25, -0.2) is 4.98 Å². The Hall–Kier alpha value is -2.14. The van der Waals surface area contributed by atoms with Gasteiger partial charge in [-0.3, -0.25) is 0 Å². The fourth-order valence-corrected chi connectivity index (χ4v) is 2.94. The van der Waals surface area contributed by atoms with Crippen LogP contribution >= 0.6 is 11.5 Å². The minimum absolute atomic E-state index is 0.895. The zero-order valence-corrected chi connectivity index (χ0v) is 12.8. The summed E-state index contributed by atoms with van der Waals surface area (Å²) in [6, 6.07) is 12.3. The summed E-state index contributed by atoms with van der Waals surface area (Å²) in [7, 11) is 0. The molecule has 2 N–H and O–H groups in total. The first kappa shape index (κ1) is 13.8. The van der Waals surface area contributed by atoms with Crippen molar-refractivity contribution >= 4 is 33.3 Å². The molecule has 0 aliphatic heterocycles. The molecule has 0 fully saturated rings. The van der Waals surface area contributed by atoms with Gasteiger partial charge in [-0.2, -0.15) is 4.37 Å². The lowest BCUT2D eigenvalue weighted by atomic mass is 10.2. The van der Waals surface area contributed by atoms with Gasteiger partial charge in [0.05, 0.1) is 4.70 Å². The van der Waals surface area contributed by atoms with Crippen LogP contribution in [0.3, 0.4) is 0 Å². The van der Waals surface area contributed by atoms with E-state index in [2.05, 4.69) is 45.1 Å². The molecule has 2 aromatic heterocycles. The number of fused-ring (bicyclic) bond motifs is 1. The van der Waals surface area contributed by atoms with E-state index in [4.69, 9.17) is 0 Å². The summed E-state index contributed by atoms with van der Waals surface area (Å²) in [4.78, 5) is 4.32. The smallest absolute Gasteiger partial charge is 0.147 e. The van der Waals surface area contributed by atoms with Gasteiger partial charge in [0, 0.05) is 24.7 Å². The van der Waals surface area contributed by atoms with E-state index in [-0.39, 0.29) is 0 Å². The molecule has 0 saturated heterocycles. The number of nitrogens with one attached hydrogen (secondary N) is 2. The molecule has 4 nitrogen and oxygen atoms in total. The van der Waals surface area contributed by atoms with Crippen molar-refractivity contribution in [1.82, 2.24) is 9.36 Å². The highest BCUT2D eigenvalue weighted by Crippen LogP contribution is 2.25. The maximum absolute atomic E-state index is 4.46. The van der Waals surface area contributed by atoms with E-state index < -0.39 is 0 Å². The Morgan fingerprint density at radius 3 is 2.67 bits per heavy atom. The average Bonchev–Trinajstić information content (AvgIpc) is 2.92. The number of rotatable bonds is 6. The Morgan fingerprint density at radius 1 is 1.00 bits per heavy atom. The lowest BCUT2D eigenvalue weighted by molar-refractivity contribution is 0.900. The minimum atomic E-state index is 0.895. The molecule has 108 valence electrons. The lowest BCUT2D eigenvalue weighted by Gasteiger charge is -2.08. The van der Waals surface area contributed by atoms with Crippen LogP contribution in [0.2, 0.25) is 0 Å². The Kier molecular flexibility index (Phi) is 4.31. The van der Waals surface area contributed by atoms with Crippen molar-refractivity contribution in [3.8, 4) is 0 Å². The second-order valence-corrected chi connectivity index (χ2v) is 5.71. The summed E-state index contributed by atoms with van der Waals surface area (Å²) in [5.74, 6) is 1.96. The molecule has 5 heteroatoms. The highest BCUT2D eigenvalue weighted by atomic mass is 32.1. The molecular formula is C16H18N4S. The van der Waals surface area contributed by atoms with E-state index in [1.807, 2.05) is 24.4 Å². The highest BCUT2D eigenvalue weighted by Gasteiger charge is 2.04. The molecule has 0 atom stereocenters. The summed E-state index contributed by atoms with van der Waals surface area (Å²) < 4.78 is 5.69. The van der Waals surface area contributed by atoms with Crippen molar-refractivity contribution in [3.05, 3.63) is 48.2 Å². The monoisotopic (exact) mass is 298 g/mol. The molecule has 0 amide bonds. The van der Waals surface area contributed by atoms with Gasteiger partial charge < -0.3 is 10.6 Å². The first-order valence-corrected chi connectivity index (χ1v) is 7.86. The second kappa shape index (κ2) is 6.54. The first-order chi connectivity index (χ1) is 10.3. The minimum Gasteiger partial charge on any atom is -0.370 e. The van der Waals surface area contributed by atoms with Crippen LogP contribution in [0.15, 0.2) is 42.6 Å². The van der Waals surface area contributed by atoms with Crippen molar-refractivity contribution in [2.24, 2.45) is 0 Å². The van der Waals surface area contributed by atoms with Crippen molar-refractivity contribution in [2.75, 3.05) is 23.7 Å². The van der Waals surface area contributed by atoms with Gasteiger partial charge >= 0.3 is 0 Å². The van der Waals surface area contributed by atoms with Crippen molar-refractivity contribution in [1.29, 1.82) is 0 Å². The van der Waals surface area contributed by atoms with E-state index in [0.29, 0.717) is 0 Å². The average molecular weight is 298 g/mol. The molecule has 0 spiro atoms. The molecule has 3 rings (SSSR count). The SMILES string of the molecule is Cc1cccnc1NCCCNc1nsc2ccccc12. The zero-order valence-electron chi connectivity index (χ0n) is 12.0.